The first kappa shape index (κ1) is 21.0. The van der Waals surface area contributed by atoms with Crippen LogP contribution in [0, 0.1) is 6.92 Å². The normalized spacial score (nSPS) is 10.9. The largest absolute Gasteiger partial charge is 0.493 e. The van der Waals surface area contributed by atoms with Gasteiger partial charge in [-0.3, -0.25) is 0 Å². The Hall–Kier alpha value is -3.74. The fraction of sp³-hybridized carbons (Fsp3) is 0.217. The first-order chi connectivity index (χ1) is 14.4. The van der Waals surface area contributed by atoms with Crippen LogP contribution in [0.5, 0.6) is 17.2 Å². The van der Waals surface area contributed by atoms with Gasteiger partial charge >= 0.3 is 11.6 Å². The van der Waals surface area contributed by atoms with Gasteiger partial charge in [0.05, 0.1) is 21.3 Å². The quantitative estimate of drug-likeness (QED) is 0.332. The lowest BCUT2D eigenvalue weighted by Gasteiger charge is -2.12. The van der Waals surface area contributed by atoms with Gasteiger partial charge in [0.1, 0.15) is 12.2 Å². The van der Waals surface area contributed by atoms with Gasteiger partial charge in [-0.2, -0.15) is 0 Å². The summed E-state index contributed by atoms with van der Waals surface area (Å²) in [6.07, 6.45) is 2.87. The molecule has 0 bridgehead atoms. The van der Waals surface area contributed by atoms with E-state index in [1.54, 1.807) is 24.3 Å². The molecular formula is C23H22O7. The van der Waals surface area contributed by atoms with Gasteiger partial charge in [-0.1, -0.05) is 12.1 Å². The third kappa shape index (κ3) is 4.63. The highest BCUT2D eigenvalue weighted by Gasteiger charge is 2.12. The predicted octanol–water partition coefficient (Wildman–Crippen LogP) is 3.88. The molecule has 2 aromatic carbocycles. The Morgan fingerprint density at radius 1 is 1.00 bits per heavy atom. The Morgan fingerprint density at radius 3 is 2.33 bits per heavy atom. The molecular weight excluding hydrogens is 388 g/mol. The van der Waals surface area contributed by atoms with E-state index in [-0.39, 0.29) is 6.61 Å². The van der Waals surface area contributed by atoms with E-state index in [1.807, 2.05) is 19.1 Å². The number of aryl methyl sites for hydroxylation is 1. The Morgan fingerprint density at radius 2 is 1.70 bits per heavy atom. The zero-order valence-corrected chi connectivity index (χ0v) is 17.2. The van der Waals surface area contributed by atoms with E-state index in [1.165, 1.54) is 33.5 Å². The van der Waals surface area contributed by atoms with E-state index in [0.717, 1.165) is 10.9 Å². The SMILES string of the molecule is COc1cc(C=CC(=O)OCc2cc(=O)oc3cc(C)ccc23)cc(OC)c1OC. The van der Waals surface area contributed by atoms with Crippen LogP contribution in [0.4, 0.5) is 0 Å². The molecule has 0 aliphatic carbocycles. The molecule has 0 aliphatic rings. The minimum atomic E-state index is -0.558. The summed E-state index contributed by atoms with van der Waals surface area (Å²) < 4.78 is 26.4. The molecule has 30 heavy (non-hydrogen) atoms. The molecule has 0 saturated carbocycles. The standard InChI is InChI=1S/C23H22O7/c1-14-5-7-17-16(12-22(25)30-18(17)9-14)13-29-21(24)8-6-15-10-19(26-2)23(28-4)20(11-15)27-3/h5-12H,13H2,1-4H3. The van der Waals surface area contributed by atoms with Crippen LogP contribution in [0.15, 0.2) is 51.7 Å². The topological polar surface area (TPSA) is 84.2 Å². The van der Waals surface area contributed by atoms with Crippen molar-refractivity contribution >= 4 is 23.0 Å². The molecule has 1 aromatic heterocycles. The second kappa shape index (κ2) is 9.17. The number of rotatable bonds is 7. The van der Waals surface area contributed by atoms with Crippen LogP contribution in [-0.4, -0.2) is 27.3 Å². The average Bonchev–Trinajstić information content (AvgIpc) is 2.74. The van der Waals surface area contributed by atoms with Crippen LogP contribution in [0.2, 0.25) is 0 Å². The van der Waals surface area contributed by atoms with Crippen molar-refractivity contribution in [3.8, 4) is 17.2 Å². The molecule has 0 N–H and O–H groups in total. The molecule has 156 valence electrons. The predicted molar refractivity (Wildman–Crippen MR) is 112 cm³/mol. The highest BCUT2D eigenvalue weighted by Crippen LogP contribution is 2.38. The molecule has 0 amide bonds. The lowest BCUT2D eigenvalue weighted by molar-refractivity contribution is -0.138. The molecule has 0 fully saturated rings. The van der Waals surface area contributed by atoms with Gasteiger partial charge in [0, 0.05) is 23.1 Å². The second-order valence-corrected chi connectivity index (χ2v) is 6.49. The molecule has 0 aliphatic heterocycles. The Bertz CT molecular complexity index is 1130. The van der Waals surface area contributed by atoms with E-state index in [2.05, 4.69) is 0 Å². The maximum atomic E-state index is 12.2. The molecule has 0 spiro atoms. The van der Waals surface area contributed by atoms with Gasteiger partial charge in [-0.15, -0.1) is 0 Å². The fourth-order valence-corrected chi connectivity index (χ4v) is 3.02. The molecule has 3 aromatic rings. The first-order valence-electron chi connectivity index (χ1n) is 9.13. The average molecular weight is 410 g/mol. The summed E-state index contributed by atoms with van der Waals surface area (Å²) in [4.78, 5) is 24.0. The highest BCUT2D eigenvalue weighted by molar-refractivity contribution is 5.88. The van der Waals surface area contributed by atoms with Gasteiger partial charge in [-0.05, 0) is 42.3 Å². The fourth-order valence-electron chi connectivity index (χ4n) is 3.02. The minimum absolute atomic E-state index is 0.0520. The zero-order chi connectivity index (χ0) is 21.7. The summed E-state index contributed by atoms with van der Waals surface area (Å²) in [5, 5.41) is 0.724. The summed E-state index contributed by atoms with van der Waals surface area (Å²) in [7, 11) is 4.55. The number of hydrogen-bond donors (Lipinski definition) is 0. The van der Waals surface area contributed by atoms with Crippen LogP contribution in [0.1, 0.15) is 16.7 Å². The summed E-state index contributed by atoms with van der Waals surface area (Å²) in [6, 6.07) is 10.3. The van der Waals surface area contributed by atoms with E-state index < -0.39 is 11.6 Å². The van der Waals surface area contributed by atoms with E-state index >= 15 is 0 Å². The number of ether oxygens (including phenoxy) is 4. The molecule has 0 atom stereocenters. The number of benzene rings is 2. The summed E-state index contributed by atoms with van der Waals surface area (Å²) >= 11 is 0. The van der Waals surface area contributed by atoms with Gasteiger partial charge < -0.3 is 23.4 Å². The Kier molecular flexibility index (Phi) is 6.41. The summed E-state index contributed by atoms with van der Waals surface area (Å²) in [5.41, 5.74) is 2.18. The number of esters is 1. The lowest BCUT2D eigenvalue weighted by Crippen LogP contribution is -2.05. The van der Waals surface area contributed by atoms with Crippen molar-refractivity contribution in [2.75, 3.05) is 21.3 Å². The maximum absolute atomic E-state index is 12.2. The molecule has 0 saturated heterocycles. The number of carbonyl (C=O) groups excluding carboxylic acids is 1. The number of methoxy groups -OCH3 is 3. The van der Waals surface area contributed by atoms with Crippen LogP contribution in [0.25, 0.3) is 17.0 Å². The lowest BCUT2D eigenvalue weighted by atomic mass is 10.1. The van der Waals surface area contributed by atoms with Crippen molar-refractivity contribution in [2.24, 2.45) is 0 Å². The van der Waals surface area contributed by atoms with Crippen molar-refractivity contribution in [2.45, 2.75) is 13.5 Å². The van der Waals surface area contributed by atoms with Crippen LogP contribution < -0.4 is 19.8 Å². The van der Waals surface area contributed by atoms with E-state index in [4.69, 9.17) is 23.4 Å². The molecule has 1 heterocycles. The van der Waals surface area contributed by atoms with Crippen molar-refractivity contribution in [3.05, 3.63) is 69.6 Å². The third-order valence-electron chi connectivity index (χ3n) is 4.45. The van der Waals surface area contributed by atoms with Gasteiger partial charge in [0.2, 0.25) is 5.75 Å². The molecule has 0 unspecified atom stereocenters. The molecule has 7 heteroatoms. The van der Waals surface area contributed by atoms with Crippen molar-refractivity contribution in [1.29, 1.82) is 0 Å². The minimum Gasteiger partial charge on any atom is -0.493 e. The number of carbonyl (C=O) groups is 1. The smallest absolute Gasteiger partial charge is 0.336 e. The van der Waals surface area contributed by atoms with Crippen LogP contribution >= 0.6 is 0 Å². The molecule has 3 rings (SSSR count). The first-order valence-corrected chi connectivity index (χ1v) is 9.13. The second-order valence-electron chi connectivity index (χ2n) is 6.49. The molecule has 7 nitrogen and oxygen atoms in total. The van der Waals surface area contributed by atoms with Gasteiger partial charge in [-0.25, -0.2) is 9.59 Å². The maximum Gasteiger partial charge on any atom is 0.336 e. The Labute approximate surface area is 173 Å². The highest BCUT2D eigenvalue weighted by atomic mass is 16.5. The van der Waals surface area contributed by atoms with Crippen molar-refractivity contribution < 1.29 is 28.2 Å². The van der Waals surface area contributed by atoms with E-state index in [9.17, 15) is 9.59 Å². The summed E-state index contributed by atoms with van der Waals surface area (Å²) in [5.74, 6) is 0.854. The Balaban J connectivity index is 1.76. The molecule has 0 radical (unpaired) electrons. The monoisotopic (exact) mass is 410 g/mol. The van der Waals surface area contributed by atoms with E-state index in [0.29, 0.717) is 34.0 Å². The van der Waals surface area contributed by atoms with Crippen LogP contribution in [-0.2, 0) is 16.1 Å². The van der Waals surface area contributed by atoms with Crippen molar-refractivity contribution in [3.63, 3.8) is 0 Å². The van der Waals surface area contributed by atoms with Crippen LogP contribution in [0.3, 0.4) is 0 Å². The van der Waals surface area contributed by atoms with Gasteiger partial charge in [0.15, 0.2) is 11.5 Å². The van der Waals surface area contributed by atoms with Crippen molar-refractivity contribution in [1.82, 2.24) is 0 Å². The number of fused-ring (bicyclic) bond motifs is 1. The third-order valence-corrected chi connectivity index (χ3v) is 4.45. The van der Waals surface area contributed by atoms with Gasteiger partial charge in [0.25, 0.3) is 0 Å². The zero-order valence-electron chi connectivity index (χ0n) is 17.2. The summed E-state index contributed by atoms with van der Waals surface area (Å²) in [6.45, 7) is 1.85. The number of hydrogen-bond acceptors (Lipinski definition) is 7.